The summed E-state index contributed by atoms with van der Waals surface area (Å²) in [6.45, 7) is 12.2. The van der Waals surface area contributed by atoms with E-state index >= 15 is 0 Å². The van der Waals surface area contributed by atoms with Crippen LogP contribution in [0.1, 0.15) is 59.3 Å². The van der Waals surface area contributed by atoms with Crippen molar-refractivity contribution in [2.45, 2.75) is 54.5 Å². The molecule has 2 N–H and O–H groups in total. The summed E-state index contributed by atoms with van der Waals surface area (Å²) < 4.78 is 2.05. The quantitative estimate of drug-likeness (QED) is 0.588. The number of Topliss-reactive ketones (excluding diaryl/α,β-unsaturated/α-hetero) is 1. The third-order valence-corrected chi connectivity index (χ3v) is 4.19. The predicted octanol–water partition coefficient (Wildman–Crippen LogP) is 5.64. The van der Waals surface area contributed by atoms with E-state index in [0.29, 0.717) is 5.56 Å². The van der Waals surface area contributed by atoms with Crippen molar-refractivity contribution in [1.29, 1.82) is 0 Å². The lowest BCUT2D eigenvalue weighted by Crippen LogP contribution is -2.25. The third kappa shape index (κ3) is 4.41. The molecule has 0 saturated heterocycles. The number of imidazole rings is 1. The number of benzene rings is 1. The summed E-state index contributed by atoms with van der Waals surface area (Å²) in [5.41, 5.74) is 4.09. The zero-order valence-corrected chi connectivity index (χ0v) is 16.7. The fourth-order valence-corrected chi connectivity index (χ4v) is 3.01. The van der Waals surface area contributed by atoms with Crippen LogP contribution >= 0.6 is 0 Å². The second-order valence-electron chi connectivity index (χ2n) is 9.00. The number of aryl methyl sites for hydroxylation is 1. The van der Waals surface area contributed by atoms with Crippen LogP contribution in [0.4, 0.5) is 5.69 Å². The van der Waals surface area contributed by atoms with E-state index in [4.69, 9.17) is 4.98 Å². The van der Waals surface area contributed by atoms with E-state index in [-0.39, 0.29) is 18.7 Å². The van der Waals surface area contributed by atoms with Crippen molar-refractivity contribution >= 4 is 22.5 Å². The molecule has 0 unspecified atom stereocenters. The predicted molar refractivity (Wildman–Crippen MR) is 114 cm³/mol. The van der Waals surface area contributed by atoms with Crippen LogP contribution in [0.3, 0.4) is 0 Å². The van der Waals surface area contributed by atoms with Crippen LogP contribution in [0.15, 0.2) is 30.5 Å². The van der Waals surface area contributed by atoms with Gasteiger partial charge in [-0.25, -0.2) is 4.98 Å². The molecule has 2 aromatic heterocycles. The summed E-state index contributed by atoms with van der Waals surface area (Å²) in [7, 11) is 2.00. The minimum Gasteiger partial charge on any atom is -0.379 e. The molecule has 0 spiro atoms. The number of carbonyl (C=O) groups excluding carboxylic acids is 1. The molecule has 3 aromatic rings. The fourth-order valence-electron chi connectivity index (χ4n) is 3.01. The molecule has 0 atom stereocenters. The molecule has 2 heterocycles. The molecule has 0 aliphatic heterocycles. The van der Waals surface area contributed by atoms with Crippen molar-refractivity contribution in [2.24, 2.45) is 12.5 Å². The molecule has 146 valence electrons. The molecule has 0 radical (unpaired) electrons. The molecular formula is C22H32N4O. The minimum absolute atomic E-state index is 0. The van der Waals surface area contributed by atoms with Gasteiger partial charge in [0.1, 0.15) is 0 Å². The first-order valence-electron chi connectivity index (χ1n) is 8.93. The van der Waals surface area contributed by atoms with E-state index in [1.807, 2.05) is 50.6 Å². The molecule has 27 heavy (non-hydrogen) atoms. The molecule has 0 aliphatic carbocycles. The SMILES string of the molecule is C.Cn1cc(NC(C)(C)C)cc1-c1nc2ccc(C(=O)C(C)(C)C)cc2[nH]1. The first kappa shape index (κ1) is 20.7. The van der Waals surface area contributed by atoms with E-state index in [2.05, 4.69) is 43.3 Å². The highest BCUT2D eigenvalue weighted by atomic mass is 16.1. The minimum atomic E-state index is -0.401. The highest BCUT2D eigenvalue weighted by molar-refractivity contribution is 6.02. The Morgan fingerprint density at radius 1 is 1.11 bits per heavy atom. The molecule has 0 aliphatic rings. The van der Waals surface area contributed by atoms with Gasteiger partial charge in [-0.05, 0) is 45.0 Å². The Morgan fingerprint density at radius 2 is 1.78 bits per heavy atom. The van der Waals surface area contributed by atoms with Gasteiger partial charge in [-0.15, -0.1) is 0 Å². The lowest BCUT2D eigenvalue weighted by molar-refractivity contribution is 0.0858. The zero-order valence-electron chi connectivity index (χ0n) is 16.7. The van der Waals surface area contributed by atoms with Gasteiger partial charge in [0.25, 0.3) is 0 Å². The van der Waals surface area contributed by atoms with Crippen LogP contribution in [0.5, 0.6) is 0 Å². The van der Waals surface area contributed by atoms with Gasteiger partial charge in [0.05, 0.1) is 22.4 Å². The summed E-state index contributed by atoms with van der Waals surface area (Å²) in [4.78, 5) is 20.6. The van der Waals surface area contributed by atoms with Crippen molar-refractivity contribution in [2.75, 3.05) is 5.32 Å². The maximum Gasteiger partial charge on any atom is 0.168 e. The number of hydrogen-bond donors (Lipinski definition) is 2. The number of fused-ring (bicyclic) bond motifs is 1. The number of nitrogens with zero attached hydrogens (tertiary/aromatic N) is 2. The zero-order chi connectivity index (χ0) is 19.3. The van der Waals surface area contributed by atoms with E-state index in [0.717, 1.165) is 28.2 Å². The molecule has 3 rings (SSSR count). The van der Waals surface area contributed by atoms with Crippen molar-refractivity contribution in [3.63, 3.8) is 0 Å². The van der Waals surface area contributed by atoms with Crippen LogP contribution in [-0.2, 0) is 7.05 Å². The van der Waals surface area contributed by atoms with Gasteiger partial charge in [0, 0.05) is 29.8 Å². The van der Waals surface area contributed by atoms with Crippen LogP contribution in [0, 0.1) is 5.41 Å². The number of hydrogen-bond acceptors (Lipinski definition) is 3. The Kier molecular flexibility index (Phi) is 5.28. The second kappa shape index (κ2) is 6.87. The maximum atomic E-state index is 12.5. The third-order valence-electron chi connectivity index (χ3n) is 4.19. The van der Waals surface area contributed by atoms with Gasteiger partial charge in [-0.3, -0.25) is 4.79 Å². The van der Waals surface area contributed by atoms with E-state index in [1.165, 1.54) is 0 Å². The van der Waals surface area contributed by atoms with Gasteiger partial charge < -0.3 is 14.9 Å². The lowest BCUT2D eigenvalue weighted by atomic mass is 9.86. The molecule has 0 bridgehead atoms. The van der Waals surface area contributed by atoms with Gasteiger partial charge >= 0.3 is 0 Å². The molecule has 1 aromatic carbocycles. The normalized spacial score (nSPS) is 12.1. The number of ketones is 1. The topological polar surface area (TPSA) is 62.7 Å². The maximum absolute atomic E-state index is 12.5. The highest BCUT2D eigenvalue weighted by Crippen LogP contribution is 2.28. The van der Waals surface area contributed by atoms with Crippen LogP contribution < -0.4 is 5.32 Å². The van der Waals surface area contributed by atoms with Gasteiger partial charge in [-0.2, -0.15) is 0 Å². The standard InChI is InChI=1S/C21H28N4O.CH4/c1-20(2,3)18(26)13-8-9-15-16(10-13)23-19(22-15)17-11-14(12-25(17)7)24-21(4,5)6;/h8-12,24H,1-7H3,(H,22,23);1H4. The molecular weight excluding hydrogens is 336 g/mol. The monoisotopic (exact) mass is 368 g/mol. The van der Waals surface area contributed by atoms with Crippen molar-refractivity contribution in [1.82, 2.24) is 14.5 Å². The first-order valence-corrected chi connectivity index (χ1v) is 8.93. The van der Waals surface area contributed by atoms with E-state index in [1.54, 1.807) is 0 Å². The highest BCUT2D eigenvalue weighted by Gasteiger charge is 2.23. The number of rotatable bonds is 3. The number of aromatic nitrogens is 3. The summed E-state index contributed by atoms with van der Waals surface area (Å²) in [6.07, 6.45) is 2.06. The first-order chi connectivity index (χ1) is 11.9. The Hall–Kier alpha value is -2.56. The van der Waals surface area contributed by atoms with Gasteiger partial charge in [0.2, 0.25) is 0 Å². The molecule has 0 saturated carbocycles. The Morgan fingerprint density at radius 3 is 2.37 bits per heavy atom. The van der Waals surface area contributed by atoms with Crippen LogP contribution in [0.2, 0.25) is 0 Å². The lowest BCUT2D eigenvalue weighted by Gasteiger charge is -2.20. The summed E-state index contributed by atoms with van der Waals surface area (Å²) in [6, 6.07) is 7.75. The molecule has 5 heteroatoms. The van der Waals surface area contributed by atoms with Crippen molar-refractivity contribution in [3.05, 3.63) is 36.0 Å². The van der Waals surface area contributed by atoms with Gasteiger partial charge in [-0.1, -0.05) is 28.2 Å². The van der Waals surface area contributed by atoms with Crippen LogP contribution in [0.25, 0.3) is 22.6 Å². The number of H-pyrrole nitrogens is 1. The average molecular weight is 369 g/mol. The van der Waals surface area contributed by atoms with E-state index < -0.39 is 5.41 Å². The number of nitrogens with one attached hydrogen (secondary N) is 2. The number of aromatic amines is 1. The number of carbonyl (C=O) groups is 1. The van der Waals surface area contributed by atoms with E-state index in [9.17, 15) is 4.79 Å². The van der Waals surface area contributed by atoms with Crippen molar-refractivity contribution in [3.8, 4) is 11.5 Å². The Balaban J connectivity index is 0.00000261. The van der Waals surface area contributed by atoms with Gasteiger partial charge in [0.15, 0.2) is 11.6 Å². The fraction of sp³-hybridized carbons (Fsp3) is 0.455. The second-order valence-corrected chi connectivity index (χ2v) is 9.00. The largest absolute Gasteiger partial charge is 0.379 e. The van der Waals surface area contributed by atoms with Crippen molar-refractivity contribution < 1.29 is 4.79 Å². The Labute approximate surface area is 162 Å². The Bertz CT molecular complexity index is 965. The number of anilines is 1. The molecule has 0 amide bonds. The summed E-state index contributed by atoms with van der Waals surface area (Å²) >= 11 is 0. The smallest absolute Gasteiger partial charge is 0.168 e. The molecule has 0 fully saturated rings. The summed E-state index contributed by atoms with van der Waals surface area (Å²) in [5, 5.41) is 3.48. The summed E-state index contributed by atoms with van der Waals surface area (Å²) in [5.74, 6) is 0.927. The average Bonchev–Trinajstić information content (AvgIpc) is 3.05. The molecule has 5 nitrogen and oxygen atoms in total. The van der Waals surface area contributed by atoms with Crippen LogP contribution in [-0.4, -0.2) is 25.9 Å².